The van der Waals surface area contributed by atoms with Gasteiger partial charge in [-0.3, -0.25) is 0 Å². The average Bonchev–Trinajstić information content (AvgIpc) is 2.70. The highest BCUT2D eigenvalue weighted by Crippen LogP contribution is 2.39. The molecule has 0 aromatic carbocycles. The molecule has 2 rings (SSSR count). The van der Waals surface area contributed by atoms with Gasteiger partial charge in [0.05, 0.1) is 15.5 Å². The summed E-state index contributed by atoms with van der Waals surface area (Å²) in [6.45, 7) is 7.56. The minimum atomic E-state index is -0.948. The molecule has 0 unspecified atom stereocenters. The van der Waals surface area contributed by atoms with Crippen molar-refractivity contribution in [3.63, 3.8) is 0 Å². The predicted octanol–water partition coefficient (Wildman–Crippen LogP) is 4.34. The summed E-state index contributed by atoms with van der Waals surface area (Å²) in [6, 6.07) is 3.49. The van der Waals surface area contributed by atoms with E-state index in [-0.39, 0.29) is 0 Å². The van der Waals surface area contributed by atoms with Crippen LogP contribution in [0.4, 0.5) is 4.39 Å². The smallest absolute Gasteiger partial charge is 0.398 e. The van der Waals surface area contributed by atoms with Crippen LogP contribution in [-0.2, 0) is 9.31 Å². The Bertz CT molecular complexity index is 468. The lowest BCUT2D eigenvalue weighted by Gasteiger charge is -2.32. The fraction of sp³-hybridized carbons (Fsp3) is 0.500. The number of halogens is 2. The van der Waals surface area contributed by atoms with Gasteiger partial charge in [-0.25, -0.2) is 4.39 Å². The largest absolute Gasteiger partial charge is 0.525 e. The van der Waals surface area contributed by atoms with E-state index in [4.69, 9.17) is 20.9 Å². The molecule has 6 heteroatoms. The van der Waals surface area contributed by atoms with Gasteiger partial charge < -0.3 is 9.31 Å². The van der Waals surface area contributed by atoms with Gasteiger partial charge in [0.2, 0.25) is 0 Å². The Morgan fingerprint density at radius 1 is 1.28 bits per heavy atom. The third kappa shape index (κ3) is 2.64. The van der Waals surface area contributed by atoms with Crippen molar-refractivity contribution >= 4 is 36.1 Å². The molecule has 0 aliphatic carbocycles. The molecular weight excluding hydrogens is 273 g/mol. The first-order chi connectivity index (χ1) is 8.21. The van der Waals surface area contributed by atoms with Gasteiger partial charge in [-0.2, -0.15) is 0 Å². The molecule has 0 atom stereocenters. The maximum absolute atomic E-state index is 14.1. The van der Waals surface area contributed by atoms with Gasteiger partial charge in [0.15, 0.2) is 0 Å². The monoisotopic (exact) mass is 288 g/mol. The van der Waals surface area contributed by atoms with Crippen molar-refractivity contribution in [3.05, 3.63) is 27.1 Å². The van der Waals surface area contributed by atoms with Gasteiger partial charge in [0.1, 0.15) is 5.73 Å². The molecule has 0 radical (unpaired) electrons. The quantitative estimate of drug-likeness (QED) is 0.754. The first-order valence-electron chi connectivity index (χ1n) is 5.69. The van der Waals surface area contributed by atoms with Gasteiger partial charge >= 0.3 is 7.12 Å². The number of thiophene rings is 1. The minimum Gasteiger partial charge on any atom is -0.398 e. The highest BCUT2D eigenvalue weighted by atomic mass is 35.5. The Kier molecular flexibility index (Phi) is 3.62. The van der Waals surface area contributed by atoms with E-state index in [1.165, 1.54) is 17.4 Å². The molecule has 0 N–H and O–H groups in total. The normalized spacial score (nSPS) is 22.6. The van der Waals surface area contributed by atoms with Crippen molar-refractivity contribution in [2.75, 3.05) is 0 Å². The minimum absolute atomic E-state index is 0.438. The Labute approximate surface area is 116 Å². The first-order valence-corrected chi connectivity index (χ1v) is 6.89. The van der Waals surface area contributed by atoms with Crippen molar-refractivity contribution in [2.45, 2.75) is 38.9 Å². The summed E-state index contributed by atoms with van der Waals surface area (Å²) in [5.41, 5.74) is -1.50. The van der Waals surface area contributed by atoms with E-state index < -0.39 is 24.0 Å². The van der Waals surface area contributed by atoms with E-state index >= 15 is 0 Å². The van der Waals surface area contributed by atoms with Crippen molar-refractivity contribution in [1.82, 2.24) is 0 Å². The van der Waals surface area contributed by atoms with E-state index in [1.807, 2.05) is 27.7 Å². The lowest BCUT2D eigenvalue weighted by atomic mass is 9.87. The fourth-order valence-electron chi connectivity index (χ4n) is 1.57. The highest BCUT2D eigenvalue weighted by molar-refractivity contribution is 7.17. The van der Waals surface area contributed by atoms with Crippen LogP contribution in [0.15, 0.2) is 17.9 Å². The Morgan fingerprint density at radius 3 is 2.28 bits per heavy atom. The summed E-state index contributed by atoms with van der Waals surface area (Å²) >= 11 is 7.11. The zero-order valence-corrected chi connectivity index (χ0v) is 12.4. The molecule has 0 amide bonds. The SMILES string of the molecule is CC1(C)OB(C(F)=Cc2ccc(Cl)s2)OC1(C)C. The molecule has 0 spiro atoms. The third-order valence-corrected chi connectivity index (χ3v) is 4.53. The zero-order valence-electron chi connectivity index (χ0n) is 10.8. The molecule has 1 aliphatic rings. The van der Waals surface area contributed by atoms with Gasteiger partial charge in [-0.15, -0.1) is 11.3 Å². The summed E-state index contributed by atoms with van der Waals surface area (Å²) in [5, 5.41) is 0. The molecule has 0 bridgehead atoms. The van der Waals surface area contributed by atoms with Crippen molar-refractivity contribution in [2.24, 2.45) is 0 Å². The van der Waals surface area contributed by atoms with Crippen LogP contribution in [0.1, 0.15) is 32.6 Å². The van der Waals surface area contributed by atoms with E-state index in [0.717, 1.165) is 4.88 Å². The maximum atomic E-state index is 14.1. The first kappa shape index (κ1) is 14.1. The summed E-state index contributed by atoms with van der Waals surface area (Å²) in [4.78, 5) is 0.743. The number of rotatable bonds is 2. The second-order valence-electron chi connectivity index (χ2n) is 5.26. The number of hydrogen-bond donors (Lipinski definition) is 0. The van der Waals surface area contributed by atoms with Crippen LogP contribution in [0.3, 0.4) is 0 Å². The molecule has 1 fully saturated rings. The molecular formula is C12H15BClFO2S. The van der Waals surface area contributed by atoms with Crippen LogP contribution in [-0.4, -0.2) is 18.3 Å². The van der Waals surface area contributed by atoms with Crippen LogP contribution in [0.2, 0.25) is 4.34 Å². The van der Waals surface area contributed by atoms with Crippen LogP contribution in [0, 0.1) is 0 Å². The second-order valence-corrected chi connectivity index (χ2v) is 7.01. The predicted molar refractivity (Wildman–Crippen MR) is 74.5 cm³/mol. The maximum Gasteiger partial charge on any atom is 0.525 e. The molecule has 1 aromatic rings. The number of hydrogen-bond acceptors (Lipinski definition) is 3. The molecule has 98 valence electrons. The Balaban J connectivity index is 2.17. The Hall–Kier alpha value is -0.355. The summed E-state index contributed by atoms with van der Waals surface area (Å²) in [5.74, 6) is 0. The summed E-state index contributed by atoms with van der Waals surface area (Å²) < 4.78 is 25.9. The summed E-state index contributed by atoms with van der Waals surface area (Å²) in [6.07, 6.45) is 1.40. The standard InChI is InChI=1S/C12H15BClFO2S/c1-11(2)12(3,4)17-13(16-11)9(15)7-8-5-6-10(14)18-8/h5-7H,1-4H3. The zero-order chi connectivity index (χ0) is 13.6. The third-order valence-electron chi connectivity index (χ3n) is 3.35. The van der Waals surface area contributed by atoms with Crippen molar-refractivity contribution in [1.29, 1.82) is 0 Å². The van der Waals surface area contributed by atoms with Gasteiger partial charge in [0.25, 0.3) is 0 Å². The van der Waals surface area contributed by atoms with Gasteiger partial charge in [0, 0.05) is 4.88 Å². The van der Waals surface area contributed by atoms with Crippen molar-refractivity contribution < 1.29 is 13.7 Å². The summed E-state index contributed by atoms with van der Waals surface area (Å²) in [7, 11) is -0.948. The topological polar surface area (TPSA) is 18.5 Å². The molecule has 0 saturated carbocycles. The van der Waals surface area contributed by atoms with E-state index in [0.29, 0.717) is 4.34 Å². The molecule has 1 aromatic heterocycles. The second kappa shape index (κ2) is 4.64. The lowest BCUT2D eigenvalue weighted by Crippen LogP contribution is -2.41. The van der Waals surface area contributed by atoms with Crippen LogP contribution in [0.25, 0.3) is 6.08 Å². The molecule has 2 heterocycles. The lowest BCUT2D eigenvalue weighted by molar-refractivity contribution is 0.00578. The molecule has 1 saturated heterocycles. The van der Waals surface area contributed by atoms with Gasteiger partial charge in [-0.1, -0.05) is 11.6 Å². The average molecular weight is 289 g/mol. The fourth-order valence-corrected chi connectivity index (χ4v) is 2.56. The molecule has 1 aliphatic heterocycles. The van der Waals surface area contributed by atoms with Crippen LogP contribution in [0.5, 0.6) is 0 Å². The Morgan fingerprint density at radius 2 is 1.83 bits per heavy atom. The molecule has 18 heavy (non-hydrogen) atoms. The molecule has 2 nitrogen and oxygen atoms in total. The van der Waals surface area contributed by atoms with Gasteiger partial charge in [-0.05, 0) is 45.9 Å². The van der Waals surface area contributed by atoms with E-state index in [9.17, 15) is 4.39 Å². The highest BCUT2D eigenvalue weighted by Gasteiger charge is 2.53. The van der Waals surface area contributed by atoms with Crippen molar-refractivity contribution in [3.8, 4) is 0 Å². The van der Waals surface area contributed by atoms with E-state index in [2.05, 4.69) is 0 Å². The van der Waals surface area contributed by atoms with Crippen LogP contribution < -0.4 is 0 Å². The van der Waals surface area contributed by atoms with E-state index in [1.54, 1.807) is 12.1 Å². The van der Waals surface area contributed by atoms with Crippen LogP contribution >= 0.6 is 22.9 Å².